The van der Waals surface area contributed by atoms with Crippen molar-refractivity contribution in [2.24, 2.45) is 5.92 Å². The van der Waals surface area contributed by atoms with Gasteiger partial charge in [0.1, 0.15) is 0 Å². The van der Waals surface area contributed by atoms with Crippen LogP contribution in [0.4, 0.5) is 0 Å². The van der Waals surface area contributed by atoms with Crippen LogP contribution < -0.4 is 5.32 Å². The molecule has 2 heterocycles. The van der Waals surface area contributed by atoms with Crippen molar-refractivity contribution < 1.29 is 9.53 Å². The minimum atomic E-state index is 0.157. The minimum Gasteiger partial charge on any atom is -0.490 e. The Bertz CT molecular complexity index is 229. The Kier molecular flexibility index (Phi) is 2.64. The summed E-state index contributed by atoms with van der Waals surface area (Å²) in [6.07, 6.45) is 4.92. The van der Waals surface area contributed by atoms with Crippen LogP contribution >= 0.6 is 0 Å². The second kappa shape index (κ2) is 3.92. The Morgan fingerprint density at radius 1 is 1.62 bits per heavy atom. The van der Waals surface area contributed by atoms with Crippen LogP contribution in [-0.4, -0.2) is 25.5 Å². The molecule has 0 aliphatic carbocycles. The van der Waals surface area contributed by atoms with Gasteiger partial charge in [0.2, 0.25) is 5.78 Å². The summed E-state index contributed by atoms with van der Waals surface area (Å²) in [4.78, 5) is 11.8. The fraction of sp³-hybridized carbons (Fsp3) is 0.700. The molecule has 72 valence electrons. The van der Waals surface area contributed by atoms with Gasteiger partial charge in [0.15, 0.2) is 5.76 Å². The second-order valence-corrected chi connectivity index (χ2v) is 3.61. The number of ether oxygens (including phenoxy) is 1. The van der Waals surface area contributed by atoms with E-state index in [0.717, 1.165) is 32.4 Å². The zero-order chi connectivity index (χ0) is 9.10. The van der Waals surface area contributed by atoms with E-state index in [1.165, 1.54) is 0 Å². The number of nitrogens with one attached hydrogen (secondary N) is 1. The van der Waals surface area contributed by atoms with Crippen LogP contribution in [0.3, 0.4) is 0 Å². The fourth-order valence-corrected chi connectivity index (χ4v) is 1.81. The third-order valence-electron chi connectivity index (χ3n) is 2.61. The van der Waals surface area contributed by atoms with Gasteiger partial charge in [0.05, 0.1) is 6.61 Å². The largest absolute Gasteiger partial charge is 0.490 e. The summed E-state index contributed by atoms with van der Waals surface area (Å²) in [6.45, 7) is 2.49. The van der Waals surface area contributed by atoms with Crippen molar-refractivity contribution in [3.8, 4) is 0 Å². The average Bonchev–Trinajstić information content (AvgIpc) is 2.71. The summed E-state index contributed by atoms with van der Waals surface area (Å²) in [6, 6.07) is 0. The molecule has 3 heteroatoms. The van der Waals surface area contributed by atoms with Gasteiger partial charge < -0.3 is 10.1 Å². The molecule has 3 nitrogen and oxygen atoms in total. The molecule has 0 bridgehead atoms. The van der Waals surface area contributed by atoms with Crippen LogP contribution in [0, 0.1) is 5.92 Å². The Morgan fingerprint density at radius 2 is 2.54 bits per heavy atom. The van der Waals surface area contributed by atoms with Crippen LogP contribution in [0.25, 0.3) is 0 Å². The van der Waals surface area contributed by atoms with Gasteiger partial charge >= 0.3 is 0 Å². The van der Waals surface area contributed by atoms with Crippen molar-refractivity contribution in [3.63, 3.8) is 0 Å². The van der Waals surface area contributed by atoms with Gasteiger partial charge in [-0.2, -0.15) is 0 Å². The number of carbonyl (C=O) groups excluding carboxylic acids is 1. The molecule has 0 saturated carbocycles. The van der Waals surface area contributed by atoms with E-state index in [4.69, 9.17) is 4.74 Å². The smallest absolute Gasteiger partial charge is 0.201 e. The third-order valence-corrected chi connectivity index (χ3v) is 2.61. The normalized spacial score (nSPS) is 28.0. The fourth-order valence-electron chi connectivity index (χ4n) is 1.81. The van der Waals surface area contributed by atoms with E-state index < -0.39 is 0 Å². The molecule has 0 aromatic carbocycles. The first kappa shape index (κ1) is 8.75. The van der Waals surface area contributed by atoms with Gasteiger partial charge in [-0.1, -0.05) is 0 Å². The number of hydrogen-bond acceptors (Lipinski definition) is 3. The van der Waals surface area contributed by atoms with Crippen LogP contribution in [0.5, 0.6) is 0 Å². The molecule has 0 aromatic heterocycles. The first-order chi connectivity index (χ1) is 6.38. The Labute approximate surface area is 78.1 Å². The molecular weight excluding hydrogens is 166 g/mol. The minimum absolute atomic E-state index is 0.157. The molecule has 1 atom stereocenters. The summed E-state index contributed by atoms with van der Waals surface area (Å²) in [5, 5.41) is 3.19. The molecule has 2 rings (SSSR count). The van der Waals surface area contributed by atoms with Gasteiger partial charge in [0, 0.05) is 12.5 Å². The predicted molar refractivity (Wildman–Crippen MR) is 49.3 cm³/mol. The number of carbonyl (C=O) groups is 1. The zero-order valence-corrected chi connectivity index (χ0v) is 7.71. The van der Waals surface area contributed by atoms with E-state index in [0.29, 0.717) is 12.4 Å². The number of rotatable bonds is 2. The molecule has 13 heavy (non-hydrogen) atoms. The number of ketones is 1. The third kappa shape index (κ3) is 1.91. The van der Waals surface area contributed by atoms with Gasteiger partial charge in [-0.25, -0.2) is 0 Å². The van der Waals surface area contributed by atoms with Gasteiger partial charge in [-0.15, -0.1) is 0 Å². The maximum Gasteiger partial charge on any atom is 0.201 e. The lowest BCUT2D eigenvalue weighted by Gasteiger charge is -2.16. The molecule has 2 aliphatic rings. The quantitative estimate of drug-likeness (QED) is 0.686. The molecule has 1 fully saturated rings. The SMILES string of the molecule is O=C(C1=CCCCO1)C1CCNC1. The summed E-state index contributed by atoms with van der Waals surface area (Å²) < 4.78 is 5.34. The van der Waals surface area contributed by atoms with Crippen molar-refractivity contribution >= 4 is 5.78 Å². The molecule has 0 spiro atoms. The zero-order valence-electron chi connectivity index (χ0n) is 7.71. The number of Topliss-reactive ketones (excluding diaryl/α,β-unsaturated/α-hetero) is 1. The number of hydrogen-bond donors (Lipinski definition) is 1. The summed E-state index contributed by atoms with van der Waals surface area (Å²) in [7, 11) is 0. The number of allylic oxidation sites excluding steroid dienone is 2. The molecule has 0 radical (unpaired) electrons. The standard InChI is InChI=1S/C10H15NO2/c12-10(8-4-5-11-7-8)9-3-1-2-6-13-9/h3,8,11H,1-2,4-7H2. The van der Waals surface area contributed by atoms with Crippen molar-refractivity contribution in [2.75, 3.05) is 19.7 Å². The molecule has 0 amide bonds. The molecule has 1 N–H and O–H groups in total. The van der Waals surface area contributed by atoms with Gasteiger partial charge in [-0.3, -0.25) is 4.79 Å². The van der Waals surface area contributed by atoms with E-state index in [1.54, 1.807) is 0 Å². The molecule has 1 unspecified atom stereocenters. The Hall–Kier alpha value is -0.830. The molecule has 0 aromatic rings. The van der Waals surface area contributed by atoms with Crippen LogP contribution in [0.15, 0.2) is 11.8 Å². The summed E-state index contributed by atoms with van der Waals surface area (Å²) in [5.41, 5.74) is 0. The summed E-state index contributed by atoms with van der Waals surface area (Å²) in [5.74, 6) is 0.967. The topological polar surface area (TPSA) is 38.3 Å². The highest BCUT2D eigenvalue weighted by atomic mass is 16.5. The van der Waals surface area contributed by atoms with Crippen LogP contribution in [0.1, 0.15) is 19.3 Å². The Morgan fingerprint density at radius 3 is 3.15 bits per heavy atom. The van der Waals surface area contributed by atoms with E-state index >= 15 is 0 Å². The molecular formula is C10H15NO2. The van der Waals surface area contributed by atoms with Crippen molar-refractivity contribution in [3.05, 3.63) is 11.8 Å². The van der Waals surface area contributed by atoms with E-state index in [-0.39, 0.29) is 11.7 Å². The van der Waals surface area contributed by atoms with E-state index in [1.807, 2.05) is 6.08 Å². The van der Waals surface area contributed by atoms with E-state index in [2.05, 4.69) is 5.32 Å². The lowest BCUT2D eigenvalue weighted by atomic mass is 10.0. The maximum atomic E-state index is 11.8. The first-order valence-corrected chi connectivity index (χ1v) is 4.96. The highest BCUT2D eigenvalue weighted by Gasteiger charge is 2.26. The van der Waals surface area contributed by atoms with Gasteiger partial charge in [-0.05, 0) is 31.9 Å². The lowest BCUT2D eigenvalue weighted by Crippen LogP contribution is -2.22. The second-order valence-electron chi connectivity index (χ2n) is 3.61. The maximum absolute atomic E-state index is 11.8. The highest BCUT2D eigenvalue weighted by molar-refractivity contribution is 5.95. The highest BCUT2D eigenvalue weighted by Crippen LogP contribution is 2.18. The van der Waals surface area contributed by atoms with E-state index in [9.17, 15) is 4.79 Å². The summed E-state index contributed by atoms with van der Waals surface area (Å²) >= 11 is 0. The van der Waals surface area contributed by atoms with Gasteiger partial charge in [0.25, 0.3) is 0 Å². The van der Waals surface area contributed by atoms with Crippen molar-refractivity contribution in [2.45, 2.75) is 19.3 Å². The van der Waals surface area contributed by atoms with Crippen molar-refractivity contribution in [1.82, 2.24) is 5.32 Å². The van der Waals surface area contributed by atoms with Crippen LogP contribution in [0.2, 0.25) is 0 Å². The average molecular weight is 181 g/mol. The Balaban J connectivity index is 1.98. The van der Waals surface area contributed by atoms with Crippen molar-refractivity contribution in [1.29, 1.82) is 0 Å². The monoisotopic (exact) mass is 181 g/mol. The lowest BCUT2D eigenvalue weighted by molar-refractivity contribution is -0.122. The molecule has 1 saturated heterocycles. The van der Waals surface area contributed by atoms with Crippen LogP contribution in [-0.2, 0) is 9.53 Å². The predicted octanol–water partition coefficient (Wildman–Crippen LogP) is 0.859. The first-order valence-electron chi connectivity index (χ1n) is 4.96. The molecule has 2 aliphatic heterocycles.